The van der Waals surface area contributed by atoms with Crippen LogP contribution >= 0.6 is 11.6 Å². The number of rotatable bonds is 4. The number of nitrogens with zero attached hydrogens (tertiary/aromatic N) is 2. The van der Waals surface area contributed by atoms with Crippen molar-refractivity contribution in [1.29, 1.82) is 0 Å². The van der Waals surface area contributed by atoms with E-state index in [1.807, 2.05) is 11.9 Å². The van der Waals surface area contributed by atoms with Gasteiger partial charge in [-0.15, -0.1) is 0 Å². The minimum absolute atomic E-state index is 0.184. The number of halogens is 1. The Hall–Kier alpha value is -1.29. The Morgan fingerprint density at radius 3 is 2.78 bits per heavy atom. The van der Waals surface area contributed by atoms with Gasteiger partial charge in [-0.3, -0.25) is 0 Å². The number of anilines is 1. The molecule has 5 heteroatoms. The lowest BCUT2D eigenvalue weighted by Gasteiger charge is -2.22. The van der Waals surface area contributed by atoms with Crippen LogP contribution < -0.4 is 4.90 Å². The average molecular weight is 269 g/mol. The second kappa shape index (κ2) is 5.57. The van der Waals surface area contributed by atoms with E-state index in [4.69, 9.17) is 16.7 Å². The van der Waals surface area contributed by atoms with Gasteiger partial charge in [-0.25, -0.2) is 9.78 Å². The lowest BCUT2D eigenvalue weighted by atomic mass is 10.1. The van der Waals surface area contributed by atoms with Crippen LogP contribution in [0.3, 0.4) is 0 Å². The smallest absolute Gasteiger partial charge is 0.335 e. The molecule has 1 aromatic heterocycles. The average Bonchev–Trinajstić information content (AvgIpc) is 2.80. The monoisotopic (exact) mass is 268 g/mol. The first-order valence-electron chi connectivity index (χ1n) is 6.18. The van der Waals surface area contributed by atoms with Crippen molar-refractivity contribution in [3.63, 3.8) is 0 Å². The molecule has 18 heavy (non-hydrogen) atoms. The van der Waals surface area contributed by atoms with E-state index in [0.29, 0.717) is 11.7 Å². The highest BCUT2D eigenvalue weighted by atomic mass is 35.5. The highest BCUT2D eigenvalue weighted by Crippen LogP contribution is 2.27. The molecule has 4 nitrogen and oxygen atoms in total. The summed E-state index contributed by atoms with van der Waals surface area (Å²) in [6.07, 6.45) is 5.08. The van der Waals surface area contributed by atoms with Gasteiger partial charge in [-0.2, -0.15) is 0 Å². The molecule has 98 valence electrons. The molecule has 0 unspecified atom stereocenters. The van der Waals surface area contributed by atoms with Crippen molar-refractivity contribution in [3.8, 4) is 0 Å². The van der Waals surface area contributed by atoms with Crippen LogP contribution in [0.25, 0.3) is 0 Å². The van der Waals surface area contributed by atoms with Gasteiger partial charge >= 0.3 is 5.97 Å². The maximum Gasteiger partial charge on any atom is 0.335 e. The van der Waals surface area contributed by atoms with Crippen LogP contribution in [0.2, 0.25) is 5.15 Å². The summed E-state index contributed by atoms with van der Waals surface area (Å²) in [6.45, 7) is 0.909. The molecule has 0 aliphatic heterocycles. The summed E-state index contributed by atoms with van der Waals surface area (Å²) in [5.74, 6) is 0.339. The van der Waals surface area contributed by atoms with Gasteiger partial charge in [-0.1, -0.05) is 24.4 Å². The maximum absolute atomic E-state index is 11.0. The number of hydrogen-bond acceptors (Lipinski definition) is 3. The van der Waals surface area contributed by atoms with Crippen LogP contribution in [0.15, 0.2) is 12.1 Å². The molecule has 1 aliphatic carbocycles. The Labute approximate surface area is 112 Å². The second-order valence-electron chi connectivity index (χ2n) is 4.87. The minimum Gasteiger partial charge on any atom is -0.478 e. The number of carboxylic acids is 1. The first-order valence-corrected chi connectivity index (χ1v) is 6.56. The van der Waals surface area contributed by atoms with Crippen molar-refractivity contribution in [2.75, 3.05) is 18.5 Å². The van der Waals surface area contributed by atoms with Crippen molar-refractivity contribution >= 4 is 23.4 Å². The van der Waals surface area contributed by atoms with Gasteiger partial charge in [0.1, 0.15) is 11.0 Å². The molecular formula is C13H17ClN2O2. The van der Waals surface area contributed by atoms with Gasteiger partial charge in [-0.05, 0) is 30.9 Å². The van der Waals surface area contributed by atoms with E-state index in [1.165, 1.54) is 31.7 Å². The van der Waals surface area contributed by atoms with Crippen LogP contribution in [0.4, 0.5) is 5.82 Å². The summed E-state index contributed by atoms with van der Waals surface area (Å²) in [5, 5.41) is 9.22. The highest BCUT2D eigenvalue weighted by molar-refractivity contribution is 6.29. The fourth-order valence-electron chi connectivity index (χ4n) is 2.48. The molecule has 0 radical (unpaired) electrons. The Morgan fingerprint density at radius 1 is 1.50 bits per heavy atom. The number of carbonyl (C=O) groups is 1. The van der Waals surface area contributed by atoms with E-state index in [2.05, 4.69) is 4.98 Å². The third-order valence-electron chi connectivity index (χ3n) is 3.43. The van der Waals surface area contributed by atoms with Crippen LogP contribution in [0, 0.1) is 5.92 Å². The molecule has 1 fully saturated rings. The van der Waals surface area contributed by atoms with Crippen LogP contribution in [0.1, 0.15) is 36.0 Å². The van der Waals surface area contributed by atoms with E-state index in [1.54, 1.807) is 6.07 Å². The maximum atomic E-state index is 11.0. The van der Waals surface area contributed by atoms with Gasteiger partial charge in [0.25, 0.3) is 0 Å². The fraction of sp³-hybridized carbons (Fsp3) is 0.538. The number of hydrogen-bond donors (Lipinski definition) is 1. The molecule has 0 atom stereocenters. The molecule has 1 aliphatic rings. The van der Waals surface area contributed by atoms with Crippen LogP contribution in [-0.4, -0.2) is 29.7 Å². The Bertz CT molecular complexity index is 445. The van der Waals surface area contributed by atoms with Crippen molar-refractivity contribution in [1.82, 2.24) is 4.98 Å². The van der Waals surface area contributed by atoms with Gasteiger partial charge in [0, 0.05) is 13.6 Å². The van der Waals surface area contributed by atoms with Crippen LogP contribution in [0.5, 0.6) is 0 Å². The molecule has 1 N–H and O–H groups in total. The van der Waals surface area contributed by atoms with E-state index in [9.17, 15) is 4.79 Å². The summed E-state index contributed by atoms with van der Waals surface area (Å²) in [4.78, 5) is 17.1. The lowest BCUT2D eigenvalue weighted by Crippen LogP contribution is -2.25. The SMILES string of the molecule is CN(CC1CCCC1)c1cc(C(=O)O)cc(Cl)n1. The van der Waals surface area contributed by atoms with E-state index in [0.717, 1.165) is 6.54 Å². The summed E-state index contributed by atoms with van der Waals surface area (Å²) in [6, 6.07) is 2.94. The van der Waals surface area contributed by atoms with E-state index >= 15 is 0 Å². The van der Waals surface area contributed by atoms with E-state index < -0.39 is 5.97 Å². The molecule has 0 amide bonds. The largest absolute Gasteiger partial charge is 0.478 e. The predicted molar refractivity (Wildman–Crippen MR) is 71.4 cm³/mol. The number of aromatic nitrogens is 1. The quantitative estimate of drug-likeness (QED) is 0.853. The molecule has 0 aromatic carbocycles. The molecule has 0 bridgehead atoms. The van der Waals surface area contributed by atoms with Crippen molar-refractivity contribution in [2.45, 2.75) is 25.7 Å². The molecule has 1 heterocycles. The van der Waals surface area contributed by atoms with Gasteiger partial charge in [0.2, 0.25) is 0 Å². The standard InChI is InChI=1S/C13H17ClN2O2/c1-16(8-9-4-2-3-5-9)12-7-10(13(17)18)6-11(14)15-12/h6-7,9H,2-5,8H2,1H3,(H,17,18). The topological polar surface area (TPSA) is 53.4 Å². The molecule has 0 saturated heterocycles. The van der Waals surface area contributed by atoms with Crippen LogP contribution in [-0.2, 0) is 0 Å². The zero-order valence-electron chi connectivity index (χ0n) is 10.4. The number of pyridine rings is 1. The molecular weight excluding hydrogens is 252 g/mol. The summed E-state index contributed by atoms with van der Waals surface area (Å²) < 4.78 is 0. The molecule has 1 aromatic rings. The summed E-state index contributed by atoms with van der Waals surface area (Å²) in [7, 11) is 1.93. The number of aromatic carboxylic acids is 1. The number of carboxylic acid groups (broad SMARTS) is 1. The highest BCUT2D eigenvalue weighted by Gasteiger charge is 2.18. The summed E-state index contributed by atoms with van der Waals surface area (Å²) >= 11 is 5.85. The van der Waals surface area contributed by atoms with E-state index in [-0.39, 0.29) is 10.7 Å². The van der Waals surface area contributed by atoms with Crippen molar-refractivity contribution in [3.05, 3.63) is 22.8 Å². The van der Waals surface area contributed by atoms with Crippen molar-refractivity contribution < 1.29 is 9.90 Å². The van der Waals surface area contributed by atoms with Crippen molar-refractivity contribution in [2.24, 2.45) is 5.92 Å². The van der Waals surface area contributed by atoms with Gasteiger partial charge in [0.05, 0.1) is 5.56 Å². The van der Waals surface area contributed by atoms with Gasteiger partial charge < -0.3 is 10.0 Å². The third kappa shape index (κ3) is 3.13. The predicted octanol–water partition coefficient (Wildman–Crippen LogP) is 3.06. The van der Waals surface area contributed by atoms with Gasteiger partial charge in [0.15, 0.2) is 0 Å². The zero-order chi connectivity index (χ0) is 13.1. The molecule has 2 rings (SSSR count). The Balaban J connectivity index is 2.13. The summed E-state index contributed by atoms with van der Waals surface area (Å²) in [5.41, 5.74) is 0.184. The molecule has 0 spiro atoms. The lowest BCUT2D eigenvalue weighted by molar-refractivity contribution is 0.0697. The zero-order valence-corrected chi connectivity index (χ0v) is 11.2. The molecule has 1 saturated carbocycles. The third-order valence-corrected chi connectivity index (χ3v) is 3.62. The Kier molecular flexibility index (Phi) is 4.07. The first-order chi connectivity index (χ1) is 8.56. The first kappa shape index (κ1) is 13.1. The normalized spacial score (nSPS) is 15.9. The second-order valence-corrected chi connectivity index (χ2v) is 5.26. The fourth-order valence-corrected chi connectivity index (χ4v) is 2.68. The Morgan fingerprint density at radius 2 is 2.17 bits per heavy atom. The minimum atomic E-state index is -0.977.